The van der Waals surface area contributed by atoms with Crippen LogP contribution in [-0.4, -0.2) is 21.6 Å². The Kier molecular flexibility index (Phi) is 2.92. The molecular weight excluding hydrogens is 250 g/mol. The summed E-state index contributed by atoms with van der Waals surface area (Å²) in [5, 5.41) is 0.345. The van der Waals surface area contributed by atoms with Gasteiger partial charge in [0.25, 0.3) is 0 Å². The second-order valence-electron chi connectivity index (χ2n) is 5.97. The fourth-order valence-electron chi connectivity index (χ4n) is 4.38. The van der Waals surface area contributed by atoms with Crippen LogP contribution in [0, 0.1) is 23.7 Å². The van der Waals surface area contributed by atoms with Gasteiger partial charge in [-0.25, -0.2) is 9.59 Å². The molecule has 5 nitrogen and oxygen atoms in total. The molecule has 4 N–H and O–H groups in total. The van der Waals surface area contributed by atoms with Gasteiger partial charge in [-0.05, 0) is 67.7 Å². The highest BCUT2D eigenvalue weighted by atomic mass is 32.2. The van der Waals surface area contributed by atoms with Gasteiger partial charge in [0.05, 0.1) is 0 Å². The molecule has 0 aromatic rings. The zero-order chi connectivity index (χ0) is 12.9. The lowest BCUT2D eigenvalue weighted by Gasteiger charge is -2.54. The van der Waals surface area contributed by atoms with Crippen molar-refractivity contribution in [2.24, 2.45) is 35.1 Å². The SMILES string of the molecule is NC(=O)N(SC1C2CC3CC(C2)CC1C3)C(N)=O. The van der Waals surface area contributed by atoms with Crippen molar-refractivity contribution >= 4 is 24.0 Å². The first-order valence-electron chi connectivity index (χ1n) is 6.60. The van der Waals surface area contributed by atoms with Crippen LogP contribution in [0.2, 0.25) is 0 Å². The van der Waals surface area contributed by atoms with Crippen LogP contribution in [0.3, 0.4) is 0 Å². The molecule has 4 aliphatic carbocycles. The topological polar surface area (TPSA) is 89.4 Å². The Hall–Kier alpha value is -0.910. The Balaban J connectivity index is 1.73. The Labute approximate surface area is 111 Å². The zero-order valence-electron chi connectivity index (χ0n) is 10.2. The molecule has 0 unspecified atom stereocenters. The second kappa shape index (κ2) is 4.33. The molecule has 0 heterocycles. The van der Waals surface area contributed by atoms with Crippen molar-refractivity contribution in [2.45, 2.75) is 37.4 Å². The van der Waals surface area contributed by atoms with Crippen LogP contribution in [0.25, 0.3) is 0 Å². The summed E-state index contributed by atoms with van der Waals surface area (Å²) in [6, 6.07) is -1.50. The highest BCUT2D eigenvalue weighted by Crippen LogP contribution is 2.57. The number of rotatable bonds is 2. The Morgan fingerprint density at radius 3 is 1.72 bits per heavy atom. The van der Waals surface area contributed by atoms with Crippen molar-refractivity contribution in [1.82, 2.24) is 4.31 Å². The minimum absolute atomic E-state index is 0.345. The first kappa shape index (κ1) is 12.1. The smallest absolute Gasteiger partial charge is 0.333 e. The van der Waals surface area contributed by atoms with Crippen LogP contribution in [-0.2, 0) is 0 Å². The summed E-state index contributed by atoms with van der Waals surface area (Å²) in [5.41, 5.74) is 10.4. The van der Waals surface area contributed by atoms with E-state index in [0.717, 1.165) is 16.1 Å². The molecule has 100 valence electrons. The molecule has 4 bridgehead atoms. The minimum Gasteiger partial charge on any atom is -0.350 e. The maximum atomic E-state index is 11.2. The van der Waals surface area contributed by atoms with E-state index < -0.39 is 12.1 Å². The van der Waals surface area contributed by atoms with Gasteiger partial charge in [0.1, 0.15) is 0 Å². The Bertz CT molecular complexity index is 346. The van der Waals surface area contributed by atoms with E-state index >= 15 is 0 Å². The summed E-state index contributed by atoms with van der Waals surface area (Å²) in [4.78, 5) is 22.5. The van der Waals surface area contributed by atoms with Crippen molar-refractivity contribution in [3.63, 3.8) is 0 Å². The molecule has 0 atom stereocenters. The summed E-state index contributed by atoms with van der Waals surface area (Å²) in [7, 11) is 0. The number of hydrogen-bond donors (Lipinski definition) is 2. The molecule has 0 radical (unpaired) electrons. The van der Waals surface area contributed by atoms with Gasteiger partial charge >= 0.3 is 12.1 Å². The lowest BCUT2D eigenvalue weighted by Crippen LogP contribution is -2.50. The molecule has 4 aliphatic rings. The molecule has 0 saturated heterocycles. The van der Waals surface area contributed by atoms with Crippen molar-refractivity contribution in [3.05, 3.63) is 0 Å². The summed E-state index contributed by atoms with van der Waals surface area (Å²) in [6.45, 7) is 0. The maximum Gasteiger partial charge on any atom is 0.333 e. The largest absolute Gasteiger partial charge is 0.350 e. The molecule has 6 heteroatoms. The van der Waals surface area contributed by atoms with Crippen LogP contribution in [0.1, 0.15) is 32.1 Å². The third kappa shape index (κ3) is 1.96. The van der Waals surface area contributed by atoms with E-state index in [1.54, 1.807) is 0 Å². The number of nitrogens with zero attached hydrogens (tertiary/aromatic N) is 1. The summed E-state index contributed by atoms with van der Waals surface area (Å²) < 4.78 is 0.937. The van der Waals surface area contributed by atoms with Gasteiger partial charge in [-0.3, -0.25) is 0 Å². The molecule has 18 heavy (non-hydrogen) atoms. The van der Waals surface area contributed by atoms with Gasteiger partial charge in [0.15, 0.2) is 0 Å². The number of primary amides is 2. The van der Waals surface area contributed by atoms with Crippen LogP contribution < -0.4 is 11.5 Å². The van der Waals surface area contributed by atoms with Crippen molar-refractivity contribution in [1.29, 1.82) is 0 Å². The Morgan fingerprint density at radius 2 is 1.33 bits per heavy atom. The maximum absolute atomic E-state index is 11.2. The van der Waals surface area contributed by atoms with E-state index in [0.29, 0.717) is 17.1 Å². The van der Waals surface area contributed by atoms with Crippen LogP contribution in [0.15, 0.2) is 0 Å². The number of amides is 4. The molecule has 0 aromatic heterocycles. The van der Waals surface area contributed by atoms with Crippen molar-refractivity contribution in [2.75, 3.05) is 0 Å². The van der Waals surface area contributed by atoms with E-state index in [2.05, 4.69) is 0 Å². The van der Waals surface area contributed by atoms with Gasteiger partial charge in [-0.15, -0.1) is 0 Å². The van der Waals surface area contributed by atoms with Gasteiger partial charge < -0.3 is 11.5 Å². The molecular formula is C12H19N3O2S. The molecule has 4 fully saturated rings. The van der Waals surface area contributed by atoms with E-state index in [1.807, 2.05) is 0 Å². The lowest BCUT2D eigenvalue weighted by atomic mass is 9.56. The standard InChI is InChI=1S/C12H19N3O2S/c13-11(16)15(12(14)17)18-10-8-2-6-1-7(4-8)5-9(10)3-6/h6-10H,1-5H2,(H2,13,16)(H2,14,17). The van der Waals surface area contributed by atoms with E-state index in [4.69, 9.17) is 11.5 Å². The Morgan fingerprint density at radius 1 is 0.889 bits per heavy atom. The molecule has 0 aliphatic heterocycles. The minimum atomic E-state index is -0.749. The average Bonchev–Trinajstić information content (AvgIpc) is 2.25. The molecule has 4 amide bonds. The number of urea groups is 2. The van der Waals surface area contributed by atoms with E-state index in [-0.39, 0.29) is 0 Å². The molecule has 4 saturated carbocycles. The number of carbonyl (C=O) groups is 2. The number of hydrogen-bond acceptors (Lipinski definition) is 3. The third-order valence-electron chi connectivity index (χ3n) is 4.77. The fourth-order valence-corrected chi connectivity index (χ4v) is 5.62. The van der Waals surface area contributed by atoms with Crippen LogP contribution in [0.5, 0.6) is 0 Å². The van der Waals surface area contributed by atoms with E-state index in [9.17, 15) is 9.59 Å². The normalized spacial score (nSPS) is 40.8. The molecule has 4 rings (SSSR count). The zero-order valence-corrected chi connectivity index (χ0v) is 11.1. The molecule has 0 aromatic carbocycles. The number of imide groups is 1. The summed E-state index contributed by atoms with van der Waals surface area (Å²) in [6.07, 6.45) is 6.37. The van der Waals surface area contributed by atoms with Crippen LogP contribution >= 0.6 is 11.9 Å². The first-order chi connectivity index (χ1) is 8.54. The fraction of sp³-hybridized carbons (Fsp3) is 0.833. The third-order valence-corrected chi connectivity index (χ3v) is 6.35. The van der Waals surface area contributed by atoms with Crippen molar-refractivity contribution < 1.29 is 9.59 Å². The predicted molar refractivity (Wildman–Crippen MR) is 69.4 cm³/mol. The summed E-state index contributed by atoms with van der Waals surface area (Å²) >= 11 is 1.28. The second-order valence-corrected chi connectivity index (χ2v) is 7.09. The van der Waals surface area contributed by atoms with Gasteiger partial charge in [0.2, 0.25) is 0 Å². The number of nitrogens with two attached hydrogens (primary N) is 2. The van der Waals surface area contributed by atoms with Gasteiger partial charge in [0, 0.05) is 5.25 Å². The lowest BCUT2D eigenvalue weighted by molar-refractivity contribution is 0.0261. The van der Waals surface area contributed by atoms with Crippen molar-refractivity contribution in [3.8, 4) is 0 Å². The average molecular weight is 269 g/mol. The first-order valence-corrected chi connectivity index (χ1v) is 7.44. The van der Waals surface area contributed by atoms with E-state index in [1.165, 1.54) is 44.1 Å². The predicted octanol–water partition coefficient (Wildman–Crippen LogP) is 1.92. The quantitative estimate of drug-likeness (QED) is 0.750. The van der Waals surface area contributed by atoms with Gasteiger partial charge in [-0.2, -0.15) is 4.31 Å². The monoisotopic (exact) mass is 269 g/mol. The molecule has 0 spiro atoms. The highest BCUT2D eigenvalue weighted by molar-refractivity contribution is 7.98. The van der Waals surface area contributed by atoms with Gasteiger partial charge in [-0.1, -0.05) is 0 Å². The highest BCUT2D eigenvalue weighted by Gasteiger charge is 2.49. The number of carbonyl (C=O) groups excluding carboxylic acids is 2. The summed E-state index contributed by atoms with van der Waals surface area (Å²) in [5.74, 6) is 3.01. The van der Waals surface area contributed by atoms with Crippen LogP contribution in [0.4, 0.5) is 9.59 Å².